The number of aliphatic hydroxyl groups excluding tert-OH is 1. The molecule has 9 nitrogen and oxygen atoms in total. The zero-order valence-electron chi connectivity index (χ0n) is 24.5. The summed E-state index contributed by atoms with van der Waals surface area (Å²) in [5, 5.41) is 16.0. The first-order valence-corrected chi connectivity index (χ1v) is 14.5. The summed E-state index contributed by atoms with van der Waals surface area (Å²) in [4.78, 5) is 34.9. The second-order valence-electron chi connectivity index (χ2n) is 13.3. The molecule has 3 aromatic rings. The normalized spacial score (nSPS) is 20.8. The predicted octanol–water partition coefficient (Wildman–Crippen LogP) is 4.74. The molecule has 0 saturated heterocycles. The first-order valence-electron chi connectivity index (χ1n) is 14.5. The van der Waals surface area contributed by atoms with E-state index in [0.29, 0.717) is 31.1 Å². The molecule has 1 aliphatic carbocycles. The van der Waals surface area contributed by atoms with Crippen molar-refractivity contribution in [3.8, 4) is 11.4 Å². The molecule has 9 heteroatoms. The molecule has 2 amide bonds. The van der Waals surface area contributed by atoms with E-state index in [9.17, 15) is 14.7 Å². The van der Waals surface area contributed by atoms with Crippen LogP contribution < -0.4 is 0 Å². The second-order valence-corrected chi connectivity index (χ2v) is 13.3. The highest BCUT2D eigenvalue weighted by Crippen LogP contribution is 2.40. The van der Waals surface area contributed by atoms with Gasteiger partial charge in [0.15, 0.2) is 5.82 Å². The van der Waals surface area contributed by atoms with Crippen LogP contribution in [0.3, 0.4) is 0 Å². The molecule has 2 aromatic carbocycles. The highest BCUT2D eigenvalue weighted by Gasteiger charge is 2.42. The van der Waals surface area contributed by atoms with Crippen LogP contribution in [0.1, 0.15) is 80.6 Å². The average molecular weight is 558 g/mol. The van der Waals surface area contributed by atoms with Crippen molar-refractivity contribution in [3.05, 3.63) is 71.0 Å². The molecule has 1 fully saturated rings. The third kappa shape index (κ3) is 5.35. The van der Waals surface area contributed by atoms with E-state index in [4.69, 9.17) is 4.74 Å². The van der Waals surface area contributed by atoms with Crippen molar-refractivity contribution in [2.24, 2.45) is 0 Å². The monoisotopic (exact) mass is 557 g/mol. The Morgan fingerprint density at radius 2 is 1.88 bits per heavy atom. The molecule has 0 bridgehead atoms. The van der Waals surface area contributed by atoms with E-state index < -0.39 is 23.8 Å². The van der Waals surface area contributed by atoms with Crippen molar-refractivity contribution in [2.45, 2.75) is 89.6 Å². The van der Waals surface area contributed by atoms with E-state index in [1.54, 1.807) is 16.1 Å². The summed E-state index contributed by atoms with van der Waals surface area (Å²) >= 11 is 0. The van der Waals surface area contributed by atoms with Gasteiger partial charge in [-0.05, 0) is 68.9 Å². The van der Waals surface area contributed by atoms with Crippen molar-refractivity contribution in [2.75, 3.05) is 13.1 Å². The number of carbonyl (C=O) groups is 2. The molecule has 1 saturated carbocycles. The Kier molecular flexibility index (Phi) is 6.68. The summed E-state index contributed by atoms with van der Waals surface area (Å²) in [5.74, 6) is 0.713. The minimum Gasteiger partial charge on any atom is -0.444 e. The number of aromatic nitrogens is 3. The minimum absolute atomic E-state index is 0.117. The number of benzene rings is 2. The fourth-order valence-corrected chi connectivity index (χ4v) is 6.18. The lowest BCUT2D eigenvalue weighted by Gasteiger charge is -2.44. The van der Waals surface area contributed by atoms with Gasteiger partial charge in [0.25, 0.3) is 5.91 Å². The molecule has 0 radical (unpaired) electrons. The van der Waals surface area contributed by atoms with E-state index in [0.717, 1.165) is 40.9 Å². The summed E-state index contributed by atoms with van der Waals surface area (Å²) in [6.07, 6.45) is 2.90. The van der Waals surface area contributed by atoms with Crippen molar-refractivity contribution in [1.29, 1.82) is 0 Å². The van der Waals surface area contributed by atoms with E-state index in [1.807, 2.05) is 61.9 Å². The number of β-amino-alcohol motifs (C(OH)–C–C–N with tert-alkyl or cyclic N) is 1. The summed E-state index contributed by atoms with van der Waals surface area (Å²) in [5.41, 5.74) is 3.68. The van der Waals surface area contributed by atoms with E-state index in [-0.39, 0.29) is 17.9 Å². The van der Waals surface area contributed by atoms with Crippen LogP contribution in [-0.4, -0.2) is 72.5 Å². The Morgan fingerprint density at radius 1 is 1.15 bits per heavy atom. The van der Waals surface area contributed by atoms with Gasteiger partial charge in [0.1, 0.15) is 11.9 Å². The molecule has 1 unspecified atom stereocenters. The lowest BCUT2D eigenvalue weighted by Crippen LogP contribution is -2.57. The number of hydrogen-bond acceptors (Lipinski definition) is 6. The molecule has 2 aliphatic heterocycles. The fourth-order valence-electron chi connectivity index (χ4n) is 6.18. The Morgan fingerprint density at radius 3 is 2.59 bits per heavy atom. The van der Waals surface area contributed by atoms with Gasteiger partial charge in [0.05, 0.1) is 18.2 Å². The summed E-state index contributed by atoms with van der Waals surface area (Å²) in [7, 11) is 0. The van der Waals surface area contributed by atoms with Crippen LogP contribution in [0.15, 0.2) is 48.8 Å². The van der Waals surface area contributed by atoms with Gasteiger partial charge in [-0.2, -0.15) is 5.10 Å². The molecule has 3 aliphatic rings. The van der Waals surface area contributed by atoms with Gasteiger partial charge in [-0.3, -0.25) is 9.69 Å². The van der Waals surface area contributed by atoms with Crippen molar-refractivity contribution >= 4 is 12.0 Å². The van der Waals surface area contributed by atoms with Crippen LogP contribution in [0.5, 0.6) is 0 Å². The van der Waals surface area contributed by atoms with Gasteiger partial charge < -0.3 is 14.7 Å². The quantitative estimate of drug-likeness (QED) is 0.487. The van der Waals surface area contributed by atoms with E-state index in [1.165, 1.54) is 0 Å². The maximum absolute atomic E-state index is 13.8. The maximum Gasteiger partial charge on any atom is 0.410 e. The minimum atomic E-state index is -0.950. The average Bonchev–Trinajstić information content (AvgIpc) is 3.65. The highest BCUT2D eigenvalue weighted by molar-refractivity contribution is 5.98. The van der Waals surface area contributed by atoms with Crippen LogP contribution in [0.4, 0.5) is 4.79 Å². The number of ether oxygens (including phenoxy) is 1. The topological polar surface area (TPSA) is 101 Å². The second kappa shape index (κ2) is 9.98. The molecular weight excluding hydrogens is 518 g/mol. The van der Waals surface area contributed by atoms with Crippen LogP contribution in [0.25, 0.3) is 11.4 Å². The molecule has 1 aromatic heterocycles. The van der Waals surface area contributed by atoms with Gasteiger partial charge in [-0.15, -0.1) is 0 Å². The maximum atomic E-state index is 13.8. The summed E-state index contributed by atoms with van der Waals surface area (Å²) in [6, 6.07) is 13.7. The number of rotatable bonds is 5. The van der Waals surface area contributed by atoms with Crippen molar-refractivity contribution in [1.82, 2.24) is 24.6 Å². The first-order chi connectivity index (χ1) is 19.4. The molecule has 6 rings (SSSR count). The zero-order valence-corrected chi connectivity index (χ0v) is 24.5. The first kappa shape index (κ1) is 27.4. The van der Waals surface area contributed by atoms with Gasteiger partial charge in [-0.1, -0.05) is 44.2 Å². The lowest BCUT2D eigenvalue weighted by molar-refractivity contribution is -0.0193. The van der Waals surface area contributed by atoms with Gasteiger partial charge >= 0.3 is 6.09 Å². The highest BCUT2D eigenvalue weighted by atomic mass is 16.6. The van der Waals surface area contributed by atoms with E-state index >= 15 is 0 Å². The predicted molar refractivity (Wildman–Crippen MR) is 154 cm³/mol. The molecular formula is C32H39N5O4. The molecule has 1 N–H and O–H groups in total. The number of carbonyl (C=O) groups excluding carboxylic acids is 2. The molecule has 41 heavy (non-hydrogen) atoms. The van der Waals surface area contributed by atoms with Crippen LogP contribution in [0, 0.1) is 0 Å². The molecule has 0 spiro atoms. The molecule has 216 valence electrons. The Labute approximate surface area is 241 Å². The SMILES string of the molecule is CC(C)(C)OC(=O)N1Cc2ccccc2C[C@H]1C(O)CN1CC(C)(C)c2cc(-c3ncnn3C3CC3)ccc2C1=O. The lowest BCUT2D eigenvalue weighted by atomic mass is 9.77. The molecule has 2 atom stereocenters. The van der Waals surface area contributed by atoms with Crippen LogP contribution in [-0.2, 0) is 23.1 Å². The van der Waals surface area contributed by atoms with Crippen molar-refractivity contribution in [3.63, 3.8) is 0 Å². The Hall–Kier alpha value is -3.72. The van der Waals surface area contributed by atoms with Crippen molar-refractivity contribution < 1.29 is 19.4 Å². The zero-order chi connectivity index (χ0) is 29.1. The van der Waals surface area contributed by atoms with E-state index in [2.05, 4.69) is 30.0 Å². The number of fused-ring (bicyclic) bond motifs is 2. The Bertz CT molecular complexity index is 1490. The standard InChI is InChI=1S/C32H39N5O4/c1-31(2,3)41-30(40)36-16-22-9-7-6-8-20(22)15-26(36)27(38)17-35-18-32(4,5)25-14-21(10-13-24(25)29(35)39)28-33-19-34-37(28)23-11-12-23/h6-10,13-14,19,23,26-27,38H,11-12,15-18H2,1-5H3/t26-,27?/m0/s1. The van der Waals surface area contributed by atoms with Crippen LogP contribution >= 0.6 is 0 Å². The number of nitrogens with zero attached hydrogens (tertiary/aromatic N) is 5. The largest absolute Gasteiger partial charge is 0.444 e. The van der Waals surface area contributed by atoms with Gasteiger partial charge in [-0.25, -0.2) is 14.5 Å². The molecule has 3 heterocycles. The third-order valence-corrected chi connectivity index (χ3v) is 8.34. The number of hydrogen-bond donors (Lipinski definition) is 1. The van der Waals surface area contributed by atoms with Crippen LogP contribution in [0.2, 0.25) is 0 Å². The smallest absolute Gasteiger partial charge is 0.410 e. The number of aliphatic hydroxyl groups is 1. The summed E-state index contributed by atoms with van der Waals surface area (Å²) < 4.78 is 7.70. The number of amides is 2. The third-order valence-electron chi connectivity index (χ3n) is 8.34. The fraction of sp³-hybridized carbons (Fsp3) is 0.500. The van der Waals surface area contributed by atoms with Gasteiger partial charge in [0, 0.05) is 36.2 Å². The Balaban J connectivity index is 1.25. The summed E-state index contributed by atoms with van der Waals surface area (Å²) in [6.45, 7) is 10.7. The van der Waals surface area contributed by atoms with Gasteiger partial charge in [0.2, 0.25) is 0 Å².